The summed E-state index contributed by atoms with van der Waals surface area (Å²) in [6.07, 6.45) is 0. The van der Waals surface area contributed by atoms with Gasteiger partial charge in [-0.05, 0) is 54.4 Å². The van der Waals surface area contributed by atoms with Crippen molar-refractivity contribution in [1.29, 1.82) is 0 Å². The summed E-state index contributed by atoms with van der Waals surface area (Å²) < 4.78 is 28.4. The smallest absolute Gasteiger partial charge is 0.242 e. The molecule has 0 radical (unpaired) electrons. The summed E-state index contributed by atoms with van der Waals surface area (Å²) in [4.78, 5) is 13.5. The van der Waals surface area contributed by atoms with Gasteiger partial charge in [-0.25, -0.2) is 8.42 Å². The molecule has 8 heteroatoms. The van der Waals surface area contributed by atoms with Crippen molar-refractivity contribution in [1.82, 2.24) is 9.62 Å². The van der Waals surface area contributed by atoms with Crippen LogP contribution in [0.2, 0.25) is 0 Å². The molecule has 0 aromatic heterocycles. The van der Waals surface area contributed by atoms with Gasteiger partial charge in [0.05, 0.1) is 10.9 Å². The van der Waals surface area contributed by atoms with Crippen LogP contribution < -0.4 is 4.72 Å². The van der Waals surface area contributed by atoms with E-state index in [1.165, 1.54) is 17.9 Å². The first-order valence-corrected chi connectivity index (χ1v) is 9.40. The number of carbonyl (C=O) groups excluding carboxylic acids is 1. The maximum atomic E-state index is 12.4. The molecule has 0 saturated heterocycles. The van der Waals surface area contributed by atoms with Crippen molar-refractivity contribution in [2.45, 2.75) is 31.7 Å². The number of likely N-dealkylation sites (N-methyl/N-ethyl adjacent to an activating group) is 1. The molecule has 1 N–H and O–H groups in total. The molecule has 21 heavy (non-hydrogen) atoms. The van der Waals surface area contributed by atoms with Gasteiger partial charge in [0.2, 0.25) is 15.9 Å². The van der Waals surface area contributed by atoms with E-state index in [0.29, 0.717) is 15.5 Å². The van der Waals surface area contributed by atoms with Crippen LogP contribution >= 0.6 is 31.9 Å². The third-order valence-corrected chi connectivity index (χ3v) is 6.41. The van der Waals surface area contributed by atoms with Gasteiger partial charge >= 0.3 is 0 Å². The van der Waals surface area contributed by atoms with E-state index in [2.05, 4.69) is 36.6 Å². The molecule has 0 aliphatic carbocycles. The number of aryl methyl sites for hydroxylation is 1. The number of rotatable bonds is 5. The van der Waals surface area contributed by atoms with Crippen LogP contribution in [0, 0.1) is 6.92 Å². The summed E-state index contributed by atoms with van der Waals surface area (Å²) in [5.41, 5.74) is 0.913. The molecule has 1 aromatic rings. The fourth-order valence-corrected chi connectivity index (χ4v) is 4.54. The average Bonchev–Trinajstić information content (AvgIpc) is 2.40. The SMILES string of the molecule is CCN(C)C(=O)C(C)NS(=O)(=O)c1cc(Br)c(C)cc1Br. The largest absolute Gasteiger partial charge is 0.345 e. The fraction of sp³-hybridized carbons (Fsp3) is 0.462. The van der Waals surface area contributed by atoms with Gasteiger partial charge in [-0.2, -0.15) is 4.72 Å². The van der Waals surface area contributed by atoms with Gasteiger partial charge in [0.25, 0.3) is 0 Å². The predicted octanol–water partition coefficient (Wildman–Crippen LogP) is 2.67. The number of carbonyl (C=O) groups is 1. The molecule has 5 nitrogen and oxygen atoms in total. The number of sulfonamides is 1. The molecule has 0 saturated carbocycles. The van der Waals surface area contributed by atoms with Crippen molar-refractivity contribution in [2.75, 3.05) is 13.6 Å². The van der Waals surface area contributed by atoms with E-state index in [-0.39, 0.29) is 10.8 Å². The van der Waals surface area contributed by atoms with E-state index in [9.17, 15) is 13.2 Å². The highest BCUT2D eigenvalue weighted by Gasteiger charge is 2.25. The Balaban J connectivity index is 3.08. The molecule has 1 aromatic carbocycles. The van der Waals surface area contributed by atoms with Crippen LogP contribution in [0.4, 0.5) is 0 Å². The van der Waals surface area contributed by atoms with E-state index in [0.717, 1.165) is 5.56 Å². The molecule has 1 atom stereocenters. The van der Waals surface area contributed by atoms with Crippen LogP contribution in [0.5, 0.6) is 0 Å². The lowest BCUT2D eigenvalue weighted by Gasteiger charge is -2.21. The predicted molar refractivity (Wildman–Crippen MR) is 89.7 cm³/mol. The second kappa shape index (κ2) is 7.21. The van der Waals surface area contributed by atoms with Crippen molar-refractivity contribution < 1.29 is 13.2 Å². The lowest BCUT2D eigenvalue weighted by molar-refractivity contribution is -0.131. The number of amides is 1. The fourth-order valence-electron chi connectivity index (χ4n) is 1.67. The molecule has 0 bridgehead atoms. The summed E-state index contributed by atoms with van der Waals surface area (Å²) in [6.45, 7) is 5.74. The number of nitrogens with zero attached hydrogens (tertiary/aromatic N) is 1. The van der Waals surface area contributed by atoms with Crippen LogP contribution in [0.15, 0.2) is 26.0 Å². The quantitative estimate of drug-likeness (QED) is 0.763. The number of benzene rings is 1. The number of hydrogen-bond acceptors (Lipinski definition) is 3. The zero-order chi connectivity index (χ0) is 16.4. The summed E-state index contributed by atoms with van der Waals surface area (Å²) in [6, 6.07) is 2.40. The Bertz CT molecular complexity index is 647. The monoisotopic (exact) mass is 440 g/mol. The first kappa shape index (κ1) is 18.6. The molecule has 0 aliphatic rings. The Morgan fingerprint density at radius 2 is 1.90 bits per heavy atom. The standard InChI is InChI=1S/C13H18Br2N2O3S/c1-5-17(4)13(18)9(3)16-21(19,20)12-7-10(14)8(2)6-11(12)15/h6-7,9,16H,5H2,1-4H3. The normalized spacial score (nSPS) is 13.0. The second-order valence-corrected chi connectivity index (χ2v) is 8.12. The van der Waals surface area contributed by atoms with Crippen molar-refractivity contribution in [3.8, 4) is 0 Å². The first-order chi connectivity index (χ1) is 9.60. The Morgan fingerprint density at radius 1 is 1.33 bits per heavy atom. The lowest BCUT2D eigenvalue weighted by atomic mass is 10.2. The third kappa shape index (κ3) is 4.51. The first-order valence-electron chi connectivity index (χ1n) is 6.33. The van der Waals surface area contributed by atoms with Crippen LogP contribution in [-0.2, 0) is 14.8 Å². The van der Waals surface area contributed by atoms with Gasteiger partial charge < -0.3 is 4.90 Å². The molecule has 1 amide bonds. The number of halogens is 2. The summed E-state index contributed by atoms with van der Waals surface area (Å²) in [5, 5.41) is 0. The van der Waals surface area contributed by atoms with Crippen LogP contribution in [0.3, 0.4) is 0 Å². The molecular formula is C13H18Br2N2O3S. The topological polar surface area (TPSA) is 66.5 Å². The van der Waals surface area contributed by atoms with Gasteiger partial charge in [-0.1, -0.05) is 15.9 Å². The zero-order valence-corrected chi connectivity index (χ0v) is 16.3. The van der Waals surface area contributed by atoms with Crippen LogP contribution in [0.25, 0.3) is 0 Å². The molecule has 0 aliphatic heterocycles. The maximum Gasteiger partial charge on any atom is 0.242 e. The summed E-state index contributed by atoms with van der Waals surface area (Å²) in [7, 11) is -2.16. The highest BCUT2D eigenvalue weighted by molar-refractivity contribution is 9.11. The Morgan fingerprint density at radius 3 is 2.43 bits per heavy atom. The van der Waals surface area contributed by atoms with Gasteiger partial charge in [0.1, 0.15) is 0 Å². The zero-order valence-electron chi connectivity index (χ0n) is 12.3. The molecule has 1 rings (SSSR count). The maximum absolute atomic E-state index is 12.4. The molecule has 0 spiro atoms. The summed E-state index contributed by atoms with van der Waals surface area (Å²) in [5.74, 6) is -0.275. The number of hydrogen-bond donors (Lipinski definition) is 1. The molecule has 1 unspecified atom stereocenters. The van der Waals surface area contributed by atoms with E-state index >= 15 is 0 Å². The van der Waals surface area contributed by atoms with Crippen LogP contribution in [-0.4, -0.2) is 38.9 Å². The van der Waals surface area contributed by atoms with E-state index < -0.39 is 16.1 Å². The summed E-state index contributed by atoms with van der Waals surface area (Å²) >= 11 is 6.57. The van der Waals surface area contributed by atoms with Gasteiger partial charge in [0.15, 0.2) is 0 Å². The van der Waals surface area contributed by atoms with E-state index in [1.54, 1.807) is 13.1 Å². The van der Waals surface area contributed by atoms with Gasteiger partial charge in [0, 0.05) is 22.5 Å². The molecule has 118 valence electrons. The van der Waals surface area contributed by atoms with E-state index in [4.69, 9.17) is 0 Å². The molecule has 0 heterocycles. The number of nitrogens with one attached hydrogen (secondary N) is 1. The van der Waals surface area contributed by atoms with Crippen molar-refractivity contribution in [2.24, 2.45) is 0 Å². The highest BCUT2D eigenvalue weighted by atomic mass is 79.9. The third-order valence-electron chi connectivity index (χ3n) is 3.06. The van der Waals surface area contributed by atoms with E-state index in [1.807, 2.05) is 13.8 Å². The lowest BCUT2D eigenvalue weighted by Crippen LogP contribution is -2.45. The molecular weight excluding hydrogens is 424 g/mol. The van der Waals surface area contributed by atoms with Crippen LogP contribution in [0.1, 0.15) is 19.4 Å². The highest BCUT2D eigenvalue weighted by Crippen LogP contribution is 2.28. The Labute approximate surface area is 142 Å². The minimum absolute atomic E-state index is 0.0961. The Kier molecular flexibility index (Phi) is 6.39. The van der Waals surface area contributed by atoms with Crippen molar-refractivity contribution in [3.63, 3.8) is 0 Å². The second-order valence-electron chi connectivity index (χ2n) is 4.73. The minimum Gasteiger partial charge on any atom is -0.345 e. The average molecular weight is 442 g/mol. The van der Waals surface area contributed by atoms with Gasteiger partial charge in [-0.3, -0.25) is 4.79 Å². The minimum atomic E-state index is -3.79. The molecule has 0 fully saturated rings. The van der Waals surface area contributed by atoms with Crippen molar-refractivity contribution >= 4 is 47.8 Å². The Hall–Kier alpha value is -0.440. The van der Waals surface area contributed by atoms with Gasteiger partial charge in [-0.15, -0.1) is 0 Å². The van der Waals surface area contributed by atoms with Crippen molar-refractivity contribution in [3.05, 3.63) is 26.6 Å².